The molecule has 2 unspecified atom stereocenters. The number of nitrogens with one attached hydrogen (secondary N) is 2. The number of carbonyl (C=O) groups is 2. The third-order valence-electron chi connectivity index (χ3n) is 6.15. The van der Waals surface area contributed by atoms with Crippen LogP contribution < -0.4 is 10.6 Å². The van der Waals surface area contributed by atoms with E-state index in [0.717, 1.165) is 37.7 Å². The number of amides is 2. The first-order valence-electron chi connectivity index (χ1n) is 11.8. The van der Waals surface area contributed by atoms with Crippen molar-refractivity contribution in [2.24, 2.45) is 0 Å². The molecule has 0 aromatic heterocycles. The van der Waals surface area contributed by atoms with E-state index in [2.05, 4.69) is 10.6 Å². The van der Waals surface area contributed by atoms with E-state index >= 15 is 0 Å². The van der Waals surface area contributed by atoms with Gasteiger partial charge in [0.05, 0.1) is 0 Å². The smallest absolute Gasteiger partial charge is 0.315 e. The quantitative estimate of drug-likeness (QED) is 0.429. The number of carbonyl (C=O) groups excluding carboxylic acids is 2. The van der Waals surface area contributed by atoms with E-state index in [1.54, 1.807) is 6.92 Å². The van der Waals surface area contributed by atoms with Crippen LogP contribution in [0, 0.1) is 0 Å². The highest BCUT2D eigenvalue weighted by atomic mass is 19.1. The zero-order chi connectivity index (χ0) is 21.6. The van der Waals surface area contributed by atoms with E-state index in [1.807, 2.05) is 30.3 Å². The molecule has 1 fully saturated rings. The lowest BCUT2D eigenvalue weighted by atomic mass is 9.92. The highest BCUT2D eigenvalue weighted by Gasteiger charge is 2.24. The van der Waals surface area contributed by atoms with Gasteiger partial charge in [-0.05, 0) is 31.2 Å². The molecule has 1 saturated carbocycles. The normalized spacial score (nSPS) is 17.4. The fourth-order valence-corrected chi connectivity index (χ4v) is 4.16. The minimum Gasteiger partial charge on any atom is -0.338 e. The van der Waals surface area contributed by atoms with Gasteiger partial charge < -0.3 is 10.6 Å². The van der Waals surface area contributed by atoms with Crippen LogP contribution in [0.5, 0.6) is 0 Å². The summed E-state index contributed by atoms with van der Waals surface area (Å²) in [5, 5.41) is 6.04. The third kappa shape index (κ3) is 9.27. The van der Waals surface area contributed by atoms with Gasteiger partial charge >= 0.3 is 6.03 Å². The van der Waals surface area contributed by atoms with Gasteiger partial charge in [-0.2, -0.15) is 0 Å². The van der Waals surface area contributed by atoms with Crippen molar-refractivity contribution >= 4 is 11.8 Å². The number of urea groups is 1. The molecule has 1 aliphatic carbocycles. The van der Waals surface area contributed by atoms with Crippen LogP contribution >= 0.6 is 0 Å². The van der Waals surface area contributed by atoms with Gasteiger partial charge in [-0.1, -0.05) is 88.6 Å². The average molecular weight is 419 g/mol. The van der Waals surface area contributed by atoms with Gasteiger partial charge in [0.25, 0.3) is 0 Å². The maximum atomic E-state index is 14.3. The summed E-state index contributed by atoms with van der Waals surface area (Å²) in [7, 11) is 0. The summed E-state index contributed by atoms with van der Waals surface area (Å²) in [6.07, 6.45) is 10.7. The highest BCUT2D eigenvalue weighted by Crippen LogP contribution is 2.21. The number of unbranched alkanes of at least 4 members (excludes halogenated alkanes) is 3. The Hall–Kier alpha value is -1.91. The van der Waals surface area contributed by atoms with E-state index in [1.165, 1.54) is 32.1 Å². The molecule has 0 radical (unpaired) electrons. The lowest BCUT2D eigenvalue weighted by molar-refractivity contribution is -0.125. The van der Waals surface area contributed by atoms with Crippen molar-refractivity contribution < 1.29 is 14.0 Å². The summed E-state index contributed by atoms with van der Waals surface area (Å²) < 4.78 is 14.3. The molecule has 0 saturated heterocycles. The molecule has 1 aliphatic rings. The first-order valence-corrected chi connectivity index (χ1v) is 11.8. The molecule has 2 rings (SSSR count). The second-order valence-electron chi connectivity index (χ2n) is 8.65. The van der Waals surface area contributed by atoms with Crippen molar-refractivity contribution in [3.63, 3.8) is 0 Å². The third-order valence-corrected chi connectivity index (χ3v) is 6.15. The Balaban J connectivity index is 1.51. The van der Waals surface area contributed by atoms with Crippen LogP contribution in [0.1, 0.15) is 95.5 Å². The summed E-state index contributed by atoms with van der Waals surface area (Å²) in [6, 6.07) is 9.62. The molecule has 0 spiro atoms. The average Bonchev–Trinajstić information content (AvgIpc) is 2.74. The van der Waals surface area contributed by atoms with Gasteiger partial charge in [0.15, 0.2) is 12.0 Å². The Morgan fingerprint density at radius 2 is 1.60 bits per heavy atom. The number of Topliss-reactive ketones (excluding diaryl/α,β-unsaturated/α-hetero) is 1. The fourth-order valence-electron chi connectivity index (χ4n) is 4.16. The lowest BCUT2D eigenvalue weighted by Crippen LogP contribution is -2.42. The fraction of sp³-hybridized carbons (Fsp3) is 0.680. The van der Waals surface area contributed by atoms with Crippen molar-refractivity contribution in [2.45, 2.75) is 102 Å². The van der Waals surface area contributed by atoms with Crippen molar-refractivity contribution in [1.82, 2.24) is 10.6 Å². The van der Waals surface area contributed by atoms with E-state index in [0.29, 0.717) is 19.0 Å². The van der Waals surface area contributed by atoms with Gasteiger partial charge in [0.2, 0.25) is 0 Å². The summed E-state index contributed by atoms with van der Waals surface area (Å²) in [4.78, 5) is 24.3. The molecule has 1 aromatic rings. The number of ketones is 1. The monoisotopic (exact) mass is 418 g/mol. The maximum absolute atomic E-state index is 14.3. The zero-order valence-electron chi connectivity index (χ0n) is 18.5. The molecule has 168 valence electrons. The Bertz CT molecular complexity index is 615. The van der Waals surface area contributed by atoms with Crippen molar-refractivity contribution in [3.05, 3.63) is 35.9 Å². The van der Waals surface area contributed by atoms with Gasteiger partial charge in [-0.25, -0.2) is 9.18 Å². The molecular weight excluding hydrogens is 379 g/mol. The molecule has 4 nitrogen and oxygen atoms in total. The van der Waals surface area contributed by atoms with E-state index < -0.39 is 12.1 Å². The van der Waals surface area contributed by atoms with E-state index in [9.17, 15) is 14.0 Å². The van der Waals surface area contributed by atoms with Crippen LogP contribution in [0.3, 0.4) is 0 Å². The maximum Gasteiger partial charge on any atom is 0.315 e. The first kappa shape index (κ1) is 24.4. The Kier molecular flexibility index (Phi) is 11.5. The topological polar surface area (TPSA) is 58.2 Å². The van der Waals surface area contributed by atoms with Crippen LogP contribution in [-0.4, -0.2) is 30.6 Å². The predicted molar refractivity (Wildman–Crippen MR) is 120 cm³/mol. The van der Waals surface area contributed by atoms with Gasteiger partial charge in [0, 0.05) is 18.5 Å². The number of halogens is 1. The molecule has 1 aromatic carbocycles. The van der Waals surface area contributed by atoms with Gasteiger partial charge in [-0.15, -0.1) is 0 Å². The SMILES string of the molecule is CC(C(=O)C(F)CCCCCCNC(=O)NC1CCCCCCC1)c1ccccc1. The second-order valence-corrected chi connectivity index (χ2v) is 8.65. The Labute approximate surface area is 181 Å². The summed E-state index contributed by atoms with van der Waals surface area (Å²) >= 11 is 0. The molecule has 30 heavy (non-hydrogen) atoms. The molecular formula is C25H39FN2O2. The van der Waals surface area contributed by atoms with Crippen LogP contribution in [0.2, 0.25) is 0 Å². The Morgan fingerprint density at radius 3 is 2.30 bits per heavy atom. The minimum absolute atomic E-state index is 0.0649. The first-order chi connectivity index (χ1) is 14.6. The summed E-state index contributed by atoms with van der Waals surface area (Å²) in [6.45, 7) is 2.42. The minimum atomic E-state index is -1.40. The molecule has 2 amide bonds. The van der Waals surface area contributed by atoms with Crippen LogP contribution in [-0.2, 0) is 4.79 Å². The molecule has 0 heterocycles. The number of hydrogen-bond donors (Lipinski definition) is 2. The lowest BCUT2D eigenvalue weighted by Gasteiger charge is -2.21. The molecule has 5 heteroatoms. The van der Waals surface area contributed by atoms with Crippen LogP contribution in [0.15, 0.2) is 30.3 Å². The number of hydrogen-bond acceptors (Lipinski definition) is 2. The van der Waals surface area contributed by atoms with Gasteiger partial charge in [0.1, 0.15) is 0 Å². The number of benzene rings is 1. The summed E-state index contributed by atoms with van der Waals surface area (Å²) in [5.41, 5.74) is 0.869. The molecule has 0 aliphatic heterocycles. The molecule has 2 N–H and O–H groups in total. The predicted octanol–water partition coefficient (Wildman–Crippen LogP) is 6.06. The molecule has 2 atom stereocenters. The largest absolute Gasteiger partial charge is 0.338 e. The summed E-state index contributed by atoms with van der Waals surface area (Å²) in [5.74, 6) is -0.726. The molecule has 0 bridgehead atoms. The number of rotatable bonds is 11. The number of alkyl halides is 1. The Morgan fingerprint density at radius 1 is 0.967 bits per heavy atom. The second kappa shape index (κ2) is 14.2. The zero-order valence-corrected chi connectivity index (χ0v) is 18.5. The van der Waals surface area contributed by atoms with Gasteiger partial charge in [-0.3, -0.25) is 4.79 Å². The van der Waals surface area contributed by atoms with Crippen molar-refractivity contribution in [1.29, 1.82) is 0 Å². The van der Waals surface area contributed by atoms with Crippen LogP contribution in [0.4, 0.5) is 9.18 Å². The van der Waals surface area contributed by atoms with E-state index in [-0.39, 0.29) is 18.2 Å². The van der Waals surface area contributed by atoms with Crippen molar-refractivity contribution in [3.8, 4) is 0 Å². The van der Waals surface area contributed by atoms with E-state index in [4.69, 9.17) is 0 Å². The standard InChI is InChI=1S/C25H39FN2O2/c1-20(21-14-8-7-9-15-21)24(29)23(26)18-12-5-6-13-19-27-25(30)28-22-16-10-3-2-4-11-17-22/h7-9,14-15,20,22-23H,2-6,10-13,16-19H2,1H3,(H2,27,28,30). The highest BCUT2D eigenvalue weighted by molar-refractivity contribution is 5.89. The van der Waals surface area contributed by atoms with Crippen LogP contribution in [0.25, 0.3) is 0 Å². The van der Waals surface area contributed by atoms with Crippen molar-refractivity contribution in [2.75, 3.05) is 6.54 Å².